The van der Waals surface area contributed by atoms with Crippen molar-refractivity contribution in [2.75, 3.05) is 39.4 Å². The van der Waals surface area contributed by atoms with Gasteiger partial charge < -0.3 is 9.64 Å². The van der Waals surface area contributed by atoms with E-state index in [9.17, 15) is 4.79 Å². The molecule has 0 radical (unpaired) electrons. The number of rotatable bonds is 4. The molecular weight excluding hydrogens is 264 g/mol. The second kappa shape index (κ2) is 11.8. The maximum Gasteiger partial charge on any atom is 0.246 e. The van der Waals surface area contributed by atoms with Crippen molar-refractivity contribution in [1.29, 1.82) is 0 Å². The molecular formula is C17H34N2O2. The van der Waals surface area contributed by atoms with Crippen molar-refractivity contribution < 1.29 is 9.53 Å². The molecule has 0 unspecified atom stereocenters. The van der Waals surface area contributed by atoms with Gasteiger partial charge in [-0.25, -0.2) is 0 Å². The van der Waals surface area contributed by atoms with Crippen molar-refractivity contribution in [1.82, 2.24) is 9.80 Å². The van der Waals surface area contributed by atoms with Gasteiger partial charge in [-0.05, 0) is 19.3 Å². The summed E-state index contributed by atoms with van der Waals surface area (Å²) in [6.07, 6.45) is 7.15. The van der Waals surface area contributed by atoms with E-state index < -0.39 is 0 Å². The highest BCUT2D eigenvalue weighted by Crippen LogP contribution is 2.19. The van der Waals surface area contributed by atoms with Crippen molar-refractivity contribution in [3.63, 3.8) is 0 Å². The Kier molecular flexibility index (Phi) is 11.3. The first-order valence-corrected chi connectivity index (χ1v) is 8.08. The smallest absolute Gasteiger partial charge is 0.246 e. The lowest BCUT2D eigenvalue weighted by Crippen LogP contribution is -2.36. The third kappa shape index (κ3) is 6.62. The molecule has 0 aromatic carbocycles. The molecule has 0 aromatic heterocycles. The Morgan fingerprint density at radius 1 is 1.24 bits per heavy atom. The van der Waals surface area contributed by atoms with Crippen molar-refractivity contribution in [3.8, 4) is 0 Å². The molecule has 2 heterocycles. The average Bonchev–Trinajstić information content (AvgIpc) is 2.99. The second-order valence-electron chi connectivity index (χ2n) is 5.05. The highest BCUT2D eigenvalue weighted by molar-refractivity contribution is 5.88. The van der Waals surface area contributed by atoms with Crippen LogP contribution in [0.3, 0.4) is 0 Å². The zero-order valence-corrected chi connectivity index (χ0v) is 13.3. The Morgan fingerprint density at radius 2 is 1.90 bits per heavy atom. The Morgan fingerprint density at radius 3 is 2.52 bits per heavy atom. The fourth-order valence-corrected chi connectivity index (χ4v) is 2.73. The topological polar surface area (TPSA) is 32.8 Å². The first-order chi connectivity index (χ1) is 9.81. The van der Waals surface area contributed by atoms with E-state index in [4.69, 9.17) is 4.74 Å². The summed E-state index contributed by atoms with van der Waals surface area (Å²) >= 11 is 0. The van der Waals surface area contributed by atoms with Crippen molar-refractivity contribution in [2.24, 2.45) is 0 Å². The quantitative estimate of drug-likeness (QED) is 0.748. The Balaban J connectivity index is 0.00000128. The molecule has 2 saturated heterocycles. The number of morpholine rings is 1. The molecule has 1 atom stereocenters. The first-order valence-electron chi connectivity index (χ1n) is 8.08. The third-order valence-electron chi connectivity index (χ3n) is 3.86. The Bertz CT molecular complexity index is 299. The minimum absolute atomic E-state index is 0. The number of hydrogen-bond acceptors (Lipinski definition) is 3. The molecule has 0 spiro atoms. The molecule has 0 bridgehead atoms. The van der Waals surface area contributed by atoms with E-state index in [1.165, 1.54) is 6.42 Å². The maximum absolute atomic E-state index is 12.1. The van der Waals surface area contributed by atoms with Gasteiger partial charge in [-0.3, -0.25) is 9.69 Å². The van der Waals surface area contributed by atoms with Crippen LogP contribution in [-0.2, 0) is 9.53 Å². The number of amides is 1. The summed E-state index contributed by atoms with van der Waals surface area (Å²) in [6.45, 7) is 11.5. The lowest BCUT2D eigenvalue weighted by Gasteiger charge is -2.25. The average molecular weight is 298 g/mol. The van der Waals surface area contributed by atoms with Crippen molar-refractivity contribution in [2.45, 2.75) is 53.5 Å². The van der Waals surface area contributed by atoms with Gasteiger partial charge in [0.25, 0.3) is 0 Å². The van der Waals surface area contributed by atoms with Crippen LogP contribution in [0.15, 0.2) is 12.2 Å². The summed E-state index contributed by atoms with van der Waals surface area (Å²) < 4.78 is 5.30. The standard InChI is InChI=1S/C14H24N2O2.C2H6.CH4/c1-2-13-5-3-8-16(13)14(17)6-4-7-15-9-11-18-12-10-15;1-2;/h4,6,13H,2-3,5,7-12H2,1H3;1-2H3;1H4/b6-4+;;/t13-;;/m1../s1. The summed E-state index contributed by atoms with van der Waals surface area (Å²) in [7, 11) is 0. The van der Waals surface area contributed by atoms with Gasteiger partial charge in [0.1, 0.15) is 0 Å². The van der Waals surface area contributed by atoms with Crippen LogP contribution in [-0.4, -0.2) is 61.1 Å². The minimum atomic E-state index is 0. The van der Waals surface area contributed by atoms with Gasteiger partial charge in [-0.1, -0.05) is 34.3 Å². The lowest BCUT2D eigenvalue weighted by molar-refractivity contribution is -0.126. The maximum atomic E-state index is 12.1. The van der Waals surface area contributed by atoms with Crippen LogP contribution in [0.2, 0.25) is 0 Å². The van der Waals surface area contributed by atoms with Gasteiger partial charge in [0.05, 0.1) is 13.2 Å². The van der Waals surface area contributed by atoms with E-state index in [1.54, 1.807) is 6.08 Å². The monoisotopic (exact) mass is 298 g/mol. The molecule has 4 nitrogen and oxygen atoms in total. The zero-order chi connectivity index (χ0) is 14.8. The first kappa shape index (κ1) is 20.1. The number of hydrogen-bond donors (Lipinski definition) is 0. The number of carbonyl (C=O) groups excluding carboxylic acids is 1. The number of carbonyl (C=O) groups is 1. The molecule has 2 aliphatic heterocycles. The summed E-state index contributed by atoms with van der Waals surface area (Å²) in [5, 5.41) is 0. The molecule has 0 aliphatic carbocycles. The fourth-order valence-electron chi connectivity index (χ4n) is 2.73. The second-order valence-corrected chi connectivity index (χ2v) is 5.05. The summed E-state index contributed by atoms with van der Waals surface area (Å²) in [5.74, 6) is 0.188. The number of likely N-dealkylation sites (tertiary alicyclic amines) is 1. The van der Waals surface area contributed by atoms with Gasteiger partial charge in [-0.15, -0.1) is 0 Å². The van der Waals surface area contributed by atoms with E-state index in [1.807, 2.05) is 24.8 Å². The third-order valence-corrected chi connectivity index (χ3v) is 3.86. The highest BCUT2D eigenvalue weighted by Gasteiger charge is 2.25. The molecule has 2 rings (SSSR count). The molecule has 1 amide bonds. The predicted octanol–water partition coefficient (Wildman–Crippen LogP) is 2.94. The molecule has 0 saturated carbocycles. The van der Waals surface area contributed by atoms with Crippen LogP contribution in [0.5, 0.6) is 0 Å². The normalized spacial score (nSPS) is 22.6. The van der Waals surface area contributed by atoms with Gasteiger partial charge >= 0.3 is 0 Å². The Labute approximate surface area is 131 Å². The number of ether oxygens (including phenoxy) is 1. The van der Waals surface area contributed by atoms with E-state index in [0.29, 0.717) is 6.04 Å². The molecule has 2 fully saturated rings. The van der Waals surface area contributed by atoms with E-state index in [2.05, 4.69) is 11.8 Å². The molecule has 0 N–H and O–H groups in total. The minimum Gasteiger partial charge on any atom is -0.379 e. The molecule has 4 heteroatoms. The van der Waals surface area contributed by atoms with Gasteiger partial charge in [0.2, 0.25) is 5.91 Å². The molecule has 21 heavy (non-hydrogen) atoms. The van der Waals surface area contributed by atoms with Gasteiger partial charge in [-0.2, -0.15) is 0 Å². The van der Waals surface area contributed by atoms with Crippen LogP contribution in [0.25, 0.3) is 0 Å². The van der Waals surface area contributed by atoms with Crippen LogP contribution >= 0.6 is 0 Å². The van der Waals surface area contributed by atoms with Crippen molar-refractivity contribution >= 4 is 5.91 Å². The van der Waals surface area contributed by atoms with Gasteiger partial charge in [0, 0.05) is 38.3 Å². The van der Waals surface area contributed by atoms with Crippen LogP contribution in [0.4, 0.5) is 0 Å². The van der Waals surface area contributed by atoms with Crippen LogP contribution < -0.4 is 0 Å². The lowest BCUT2D eigenvalue weighted by atomic mass is 10.2. The van der Waals surface area contributed by atoms with E-state index >= 15 is 0 Å². The zero-order valence-electron chi connectivity index (χ0n) is 13.3. The summed E-state index contributed by atoms with van der Waals surface area (Å²) in [5.41, 5.74) is 0. The largest absolute Gasteiger partial charge is 0.379 e. The highest BCUT2D eigenvalue weighted by atomic mass is 16.5. The fraction of sp³-hybridized carbons (Fsp3) is 0.824. The Hall–Kier alpha value is -0.870. The SMILES string of the molecule is C.CC.CC[C@@H]1CCCN1C(=O)/C=C/CN1CCOCC1. The van der Waals surface area contributed by atoms with E-state index in [0.717, 1.165) is 52.2 Å². The summed E-state index contributed by atoms with van der Waals surface area (Å²) in [6, 6.07) is 0.463. The van der Waals surface area contributed by atoms with Crippen LogP contribution in [0, 0.1) is 0 Å². The molecule has 2 aliphatic rings. The molecule has 124 valence electrons. The predicted molar refractivity (Wildman–Crippen MR) is 89.5 cm³/mol. The van der Waals surface area contributed by atoms with Gasteiger partial charge in [0.15, 0.2) is 0 Å². The number of nitrogens with zero attached hydrogens (tertiary/aromatic N) is 2. The van der Waals surface area contributed by atoms with E-state index in [-0.39, 0.29) is 13.3 Å². The molecule has 0 aromatic rings. The van der Waals surface area contributed by atoms with Crippen LogP contribution in [0.1, 0.15) is 47.5 Å². The summed E-state index contributed by atoms with van der Waals surface area (Å²) in [4.78, 5) is 16.4. The van der Waals surface area contributed by atoms with Crippen molar-refractivity contribution in [3.05, 3.63) is 12.2 Å².